The molecule has 0 aliphatic rings. The van der Waals surface area contributed by atoms with Crippen LogP contribution in [-0.2, 0) is 32.6 Å². The fourth-order valence-corrected chi connectivity index (χ4v) is 5.25. The molecule has 0 bridgehead atoms. The van der Waals surface area contributed by atoms with Crippen LogP contribution in [0, 0.1) is 6.92 Å². The van der Waals surface area contributed by atoms with E-state index in [4.69, 9.17) is 11.6 Å². The van der Waals surface area contributed by atoms with E-state index in [9.17, 15) is 18.0 Å². The van der Waals surface area contributed by atoms with Crippen LogP contribution in [-0.4, -0.2) is 50.5 Å². The molecule has 0 heterocycles. The van der Waals surface area contributed by atoms with Crippen molar-refractivity contribution in [3.05, 3.63) is 101 Å². The summed E-state index contributed by atoms with van der Waals surface area (Å²) in [4.78, 5) is 28.7. The van der Waals surface area contributed by atoms with Crippen LogP contribution in [0.25, 0.3) is 0 Å². The minimum absolute atomic E-state index is 0.134. The first-order valence-corrected chi connectivity index (χ1v) is 14.2. The number of hydrogen-bond donors (Lipinski definition) is 1. The highest BCUT2D eigenvalue weighted by Gasteiger charge is 2.33. The number of anilines is 1. The summed E-state index contributed by atoms with van der Waals surface area (Å²) in [5, 5.41) is 3.04. The molecule has 1 N–H and O–H groups in total. The second-order valence-electron chi connectivity index (χ2n) is 8.83. The SMILES string of the molecule is CCNC(=O)[C@@H](Cc1ccccc1)N(Cc1cccc(C)c1)C(=O)CN(c1ccccc1Cl)S(C)(=O)=O. The van der Waals surface area contributed by atoms with Crippen molar-refractivity contribution in [1.29, 1.82) is 0 Å². The molecule has 37 heavy (non-hydrogen) atoms. The topological polar surface area (TPSA) is 86.8 Å². The van der Waals surface area contributed by atoms with Gasteiger partial charge in [0.25, 0.3) is 0 Å². The number of hydrogen-bond acceptors (Lipinski definition) is 4. The molecule has 1 atom stereocenters. The van der Waals surface area contributed by atoms with Gasteiger partial charge in [0.2, 0.25) is 21.8 Å². The number of para-hydroxylation sites is 1. The van der Waals surface area contributed by atoms with Crippen LogP contribution >= 0.6 is 11.6 Å². The highest BCUT2D eigenvalue weighted by atomic mass is 35.5. The van der Waals surface area contributed by atoms with E-state index in [-0.39, 0.29) is 29.6 Å². The fraction of sp³-hybridized carbons (Fsp3) is 0.286. The molecule has 0 fully saturated rings. The lowest BCUT2D eigenvalue weighted by molar-refractivity contribution is -0.140. The van der Waals surface area contributed by atoms with Crippen LogP contribution in [0.4, 0.5) is 5.69 Å². The Morgan fingerprint density at radius 2 is 1.59 bits per heavy atom. The molecular formula is C28H32ClN3O4S. The minimum Gasteiger partial charge on any atom is -0.355 e. The molecule has 0 saturated carbocycles. The van der Waals surface area contributed by atoms with Crippen molar-refractivity contribution in [3.8, 4) is 0 Å². The lowest BCUT2D eigenvalue weighted by Crippen LogP contribution is -2.53. The Balaban J connectivity index is 2.05. The maximum absolute atomic E-state index is 13.9. The van der Waals surface area contributed by atoms with Crippen molar-refractivity contribution in [2.75, 3.05) is 23.7 Å². The second kappa shape index (κ2) is 12.7. The summed E-state index contributed by atoms with van der Waals surface area (Å²) in [7, 11) is -3.86. The molecule has 0 unspecified atom stereocenters. The van der Waals surface area contributed by atoms with Crippen LogP contribution in [0.5, 0.6) is 0 Å². The molecular weight excluding hydrogens is 510 g/mol. The first-order chi connectivity index (χ1) is 17.6. The van der Waals surface area contributed by atoms with E-state index in [1.54, 1.807) is 24.3 Å². The van der Waals surface area contributed by atoms with Crippen LogP contribution in [0.2, 0.25) is 5.02 Å². The minimum atomic E-state index is -3.86. The van der Waals surface area contributed by atoms with Gasteiger partial charge in [0, 0.05) is 19.5 Å². The van der Waals surface area contributed by atoms with Gasteiger partial charge in [-0.3, -0.25) is 13.9 Å². The summed E-state index contributed by atoms with van der Waals surface area (Å²) in [5.41, 5.74) is 2.93. The van der Waals surface area contributed by atoms with Gasteiger partial charge in [-0.05, 0) is 37.1 Å². The van der Waals surface area contributed by atoms with Gasteiger partial charge in [-0.2, -0.15) is 0 Å². The van der Waals surface area contributed by atoms with Crippen molar-refractivity contribution < 1.29 is 18.0 Å². The van der Waals surface area contributed by atoms with Crippen molar-refractivity contribution in [3.63, 3.8) is 0 Å². The van der Waals surface area contributed by atoms with Gasteiger partial charge in [0.05, 0.1) is 17.0 Å². The predicted molar refractivity (Wildman–Crippen MR) is 148 cm³/mol. The Kier molecular flexibility index (Phi) is 9.72. The Morgan fingerprint density at radius 1 is 0.946 bits per heavy atom. The van der Waals surface area contributed by atoms with Gasteiger partial charge in [0.1, 0.15) is 12.6 Å². The molecule has 0 aliphatic carbocycles. The van der Waals surface area contributed by atoms with E-state index >= 15 is 0 Å². The predicted octanol–water partition coefficient (Wildman–Crippen LogP) is 4.19. The lowest BCUT2D eigenvalue weighted by atomic mass is 10.0. The van der Waals surface area contributed by atoms with Gasteiger partial charge in [-0.15, -0.1) is 0 Å². The number of halogens is 1. The van der Waals surface area contributed by atoms with Gasteiger partial charge in [0.15, 0.2) is 0 Å². The van der Waals surface area contributed by atoms with Crippen LogP contribution in [0.1, 0.15) is 23.6 Å². The molecule has 0 aromatic heterocycles. The number of likely N-dealkylation sites (N-methyl/N-ethyl adjacent to an activating group) is 1. The molecule has 3 rings (SSSR count). The van der Waals surface area contributed by atoms with E-state index in [2.05, 4.69) is 5.32 Å². The number of carbonyl (C=O) groups is 2. The van der Waals surface area contributed by atoms with Gasteiger partial charge < -0.3 is 10.2 Å². The molecule has 7 nitrogen and oxygen atoms in total. The van der Waals surface area contributed by atoms with Gasteiger partial charge in [-0.1, -0.05) is 83.9 Å². The number of benzene rings is 3. The first-order valence-electron chi connectivity index (χ1n) is 12.0. The molecule has 0 spiro atoms. The Hall–Kier alpha value is -3.36. The summed E-state index contributed by atoms with van der Waals surface area (Å²) >= 11 is 6.30. The largest absolute Gasteiger partial charge is 0.355 e. The van der Waals surface area contributed by atoms with E-state index in [1.165, 1.54) is 4.90 Å². The molecule has 2 amide bonds. The summed E-state index contributed by atoms with van der Waals surface area (Å²) in [6.07, 6.45) is 1.30. The van der Waals surface area contributed by atoms with Crippen LogP contribution < -0.4 is 9.62 Å². The summed E-state index contributed by atoms with van der Waals surface area (Å²) < 4.78 is 26.5. The third-order valence-electron chi connectivity index (χ3n) is 5.86. The summed E-state index contributed by atoms with van der Waals surface area (Å²) in [5.74, 6) is -0.824. The summed E-state index contributed by atoms with van der Waals surface area (Å²) in [6.45, 7) is 3.79. The number of sulfonamides is 1. The molecule has 0 radical (unpaired) electrons. The van der Waals surface area contributed by atoms with Crippen molar-refractivity contribution in [1.82, 2.24) is 10.2 Å². The number of nitrogens with one attached hydrogen (secondary N) is 1. The average molecular weight is 542 g/mol. The Bertz CT molecular complexity index is 1330. The first kappa shape index (κ1) is 28.2. The monoisotopic (exact) mass is 541 g/mol. The maximum Gasteiger partial charge on any atom is 0.244 e. The van der Waals surface area contributed by atoms with Crippen molar-refractivity contribution >= 4 is 39.1 Å². The van der Waals surface area contributed by atoms with E-state index < -0.39 is 28.5 Å². The zero-order valence-corrected chi connectivity index (χ0v) is 22.8. The quantitative estimate of drug-likeness (QED) is 0.394. The Morgan fingerprint density at radius 3 is 2.22 bits per heavy atom. The van der Waals surface area contributed by atoms with Crippen LogP contribution in [0.3, 0.4) is 0 Å². The smallest absolute Gasteiger partial charge is 0.244 e. The summed E-state index contributed by atoms with van der Waals surface area (Å²) in [6, 6.07) is 22.7. The number of carbonyl (C=O) groups excluding carboxylic acids is 2. The molecule has 3 aromatic rings. The normalized spacial score (nSPS) is 12.0. The van der Waals surface area contributed by atoms with E-state index in [0.717, 1.165) is 27.3 Å². The van der Waals surface area contributed by atoms with E-state index in [0.29, 0.717) is 6.54 Å². The number of nitrogens with zero attached hydrogens (tertiary/aromatic N) is 2. The standard InChI is InChI=1S/C28H32ClN3O4S/c1-4-30-28(34)26(18-22-12-6-5-7-13-22)31(19-23-14-10-11-21(2)17-23)27(33)20-32(37(3,35)36)25-16-9-8-15-24(25)29/h5-17,26H,4,18-20H2,1-3H3,(H,30,34)/t26-/m1/s1. The zero-order valence-electron chi connectivity index (χ0n) is 21.2. The highest BCUT2D eigenvalue weighted by molar-refractivity contribution is 7.92. The Labute approximate surface area is 224 Å². The van der Waals surface area contributed by atoms with Crippen molar-refractivity contribution in [2.24, 2.45) is 0 Å². The molecule has 3 aromatic carbocycles. The maximum atomic E-state index is 13.9. The lowest BCUT2D eigenvalue weighted by Gasteiger charge is -2.33. The average Bonchev–Trinajstić information content (AvgIpc) is 2.85. The zero-order chi connectivity index (χ0) is 27.0. The second-order valence-corrected chi connectivity index (χ2v) is 11.1. The van der Waals surface area contributed by atoms with Crippen LogP contribution in [0.15, 0.2) is 78.9 Å². The highest BCUT2D eigenvalue weighted by Crippen LogP contribution is 2.27. The molecule has 0 saturated heterocycles. The third kappa shape index (κ3) is 7.81. The number of rotatable bonds is 11. The number of aryl methyl sites for hydroxylation is 1. The number of amides is 2. The van der Waals surface area contributed by atoms with Gasteiger partial charge in [-0.25, -0.2) is 8.42 Å². The third-order valence-corrected chi connectivity index (χ3v) is 7.30. The van der Waals surface area contributed by atoms with E-state index in [1.807, 2.05) is 68.4 Å². The molecule has 196 valence electrons. The fourth-order valence-electron chi connectivity index (χ4n) is 4.10. The van der Waals surface area contributed by atoms with Crippen molar-refractivity contribution in [2.45, 2.75) is 32.9 Å². The van der Waals surface area contributed by atoms with Gasteiger partial charge >= 0.3 is 0 Å². The molecule has 0 aliphatic heterocycles. The molecule has 9 heteroatoms.